The number of nitrogens with zero attached hydrogens (tertiary/aromatic N) is 1. The van der Waals surface area contributed by atoms with E-state index < -0.39 is 10.0 Å². The minimum absolute atomic E-state index is 0.190. The molecule has 0 unspecified atom stereocenters. The van der Waals surface area contributed by atoms with Crippen LogP contribution < -0.4 is 18.5 Å². The van der Waals surface area contributed by atoms with Gasteiger partial charge in [-0.3, -0.25) is 4.31 Å². The zero-order chi connectivity index (χ0) is 17.4. The fraction of sp³-hybridized carbons (Fsp3) is 0.333. The maximum atomic E-state index is 13.3. The average Bonchev–Trinajstić information content (AvgIpc) is 2.66. The van der Waals surface area contributed by atoms with Gasteiger partial charge in [-0.25, -0.2) is 8.42 Å². The smallest absolute Gasteiger partial charge is 0.264 e. The van der Waals surface area contributed by atoms with Crippen LogP contribution in [0, 0.1) is 0 Å². The molecule has 4 rings (SSSR count). The van der Waals surface area contributed by atoms with Crippen LogP contribution in [0.25, 0.3) is 0 Å². The van der Waals surface area contributed by atoms with Crippen molar-refractivity contribution in [1.82, 2.24) is 0 Å². The van der Waals surface area contributed by atoms with Crippen LogP contribution in [-0.2, 0) is 16.4 Å². The molecule has 2 aliphatic rings. The van der Waals surface area contributed by atoms with E-state index in [9.17, 15) is 8.42 Å². The monoisotopic (exact) mass is 361 g/mol. The van der Waals surface area contributed by atoms with Crippen molar-refractivity contribution >= 4 is 15.7 Å². The van der Waals surface area contributed by atoms with Crippen molar-refractivity contribution in [2.45, 2.75) is 17.7 Å². The molecule has 0 bridgehead atoms. The third-order valence-corrected chi connectivity index (χ3v) is 6.26. The van der Waals surface area contributed by atoms with Gasteiger partial charge < -0.3 is 14.2 Å². The molecule has 0 spiro atoms. The van der Waals surface area contributed by atoms with E-state index in [-0.39, 0.29) is 4.90 Å². The predicted molar refractivity (Wildman–Crippen MR) is 93.3 cm³/mol. The van der Waals surface area contributed by atoms with E-state index in [1.54, 1.807) is 25.3 Å². The second-order valence-corrected chi connectivity index (χ2v) is 7.82. The molecular formula is C18H19NO5S. The first-order chi connectivity index (χ1) is 12.1. The van der Waals surface area contributed by atoms with Gasteiger partial charge in [0.1, 0.15) is 19.0 Å². The number of hydrogen-bond donors (Lipinski definition) is 0. The Hall–Kier alpha value is -2.41. The lowest BCUT2D eigenvalue weighted by Gasteiger charge is -2.32. The molecule has 2 aliphatic heterocycles. The van der Waals surface area contributed by atoms with Crippen molar-refractivity contribution in [3.8, 4) is 17.2 Å². The van der Waals surface area contributed by atoms with Crippen LogP contribution >= 0.6 is 0 Å². The van der Waals surface area contributed by atoms with Gasteiger partial charge >= 0.3 is 0 Å². The third-order valence-electron chi connectivity index (χ3n) is 4.46. The highest BCUT2D eigenvalue weighted by atomic mass is 32.2. The fourth-order valence-corrected chi connectivity index (χ4v) is 4.86. The number of ether oxygens (including phenoxy) is 3. The Bertz CT molecular complexity index is 895. The summed E-state index contributed by atoms with van der Waals surface area (Å²) in [5.74, 6) is 1.60. The number of fused-ring (bicyclic) bond motifs is 2. The van der Waals surface area contributed by atoms with Gasteiger partial charge in [-0.1, -0.05) is 12.1 Å². The zero-order valence-electron chi connectivity index (χ0n) is 13.9. The molecule has 6 nitrogen and oxygen atoms in total. The number of rotatable bonds is 3. The highest BCUT2D eigenvalue weighted by Crippen LogP contribution is 2.40. The highest BCUT2D eigenvalue weighted by Gasteiger charge is 2.32. The number of sulfonamides is 1. The molecule has 132 valence electrons. The van der Waals surface area contributed by atoms with Crippen LogP contribution in [-0.4, -0.2) is 35.3 Å². The van der Waals surface area contributed by atoms with Gasteiger partial charge in [0.25, 0.3) is 10.0 Å². The van der Waals surface area contributed by atoms with E-state index in [1.807, 2.05) is 12.1 Å². The summed E-state index contributed by atoms with van der Waals surface area (Å²) in [6.45, 7) is 1.30. The van der Waals surface area contributed by atoms with Crippen molar-refractivity contribution in [2.24, 2.45) is 0 Å². The number of methoxy groups -OCH3 is 1. The average molecular weight is 361 g/mol. The van der Waals surface area contributed by atoms with Crippen molar-refractivity contribution in [3.05, 3.63) is 42.0 Å². The van der Waals surface area contributed by atoms with E-state index in [0.717, 1.165) is 18.4 Å². The standard InChI is InChI=1S/C18H19NO5S/c1-22-16-6-2-4-13-5-3-9-19(18(13)16)25(20,21)14-7-8-15-17(12-14)24-11-10-23-15/h2,4,6-8,12H,3,5,9-11H2,1H3. The summed E-state index contributed by atoms with van der Waals surface area (Å²) in [5.41, 5.74) is 1.61. The summed E-state index contributed by atoms with van der Waals surface area (Å²) in [6, 6.07) is 10.4. The number of anilines is 1. The third kappa shape index (κ3) is 2.68. The molecule has 7 heteroatoms. The number of hydrogen-bond acceptors (Lipinski definition) is 5. The molecule has 0 atom stereocenters. The van der Waals surface area contributed by atoms with E-state index in [2.05, 4.69) is 0 Å². The predicted octanol–water partition coefficient (Wildman–Crippen LogP) is 2.61. The lowest BCUT2D eigenvalue weighted by molar-refractivity contribution is 0.171. The van der Waals surface area contributed by atoms with Gasteiger partial charge in [0.2, 0.25) is 0 Å². The van der Waals surface area contributed by atoms with Crippen LogP contribution in [0.4, 0.5) is 5.69 Å². The van der Waals surface area contributed by atoms with Gasteiger partial charge in [-0.05, 0) is 36.6 Å². The Morgan fingerprint density at radius 1 is 1.08 bits per heavy atom. The minimum atomic E-state index is -3.72. The molecular weight excluding hydrogens is 342 g/mol. The van der Waals surface area contributed by atoms with Gasteiger partial charge in [-0.15, -0.1) is 0 Å². The molecule has 0 radical (unpaired) electrons. The van der Waals surface area contributed by atoms with E-state index in [0.29, 0.717) is 42.7 Å². The van der Waals surface area contributed by atoms with Crippen LogP contribution in [0.5, 0.6) is 17.2 Å². The maximum Gasteiger partial charge on any atom is 0.264 e. The topological polar surface area (TPSA) is 65.1 Å². The van der Waals surface area contributed by atoms with Gasteiger partial charge in [0, 0.05) is 12.6 Å². The summed E-state index contributed by atoms with van der Waals surface area (Å²) in [7, 11) is -2.17. The molecule has 0 saturated heterocycles. The summed E-state index contributed by atoms with van der Waals surface area (Å²) in [6.07, 6.45) is 1.60. The molecule has 25 heavy (non-hydrogen) atoms. The molecule has 0 aromatic heterocycles. The maximum absolute atomic E-state index is 13.3. The second-order valence-electron chi connectivity index (χ2n) is 5.95. The van der Waals surface area contributed by atoms with Crippen molar-refractivity contribution in [2.75, 3.05) is 31.2 Å². The Balaban J connectivity index is 1.80. The summed E-state index contributed by atoms with van der Waals surface area (Å²) in [4.78, 5) is 0.190. The lowest BCUT2D eigenvalue weighted by atomic mass is 10.0. The Kier molecular flexibility index (Phi) is 3.95. The summed E-state index contributed by atoms with van der Waals surface area (Å²) >= 11 is 0. The van der Waals surface area contributed by atoms with Gasteiger partial charge in [-0.2, -0.15) is 0 Å². The minimum Gasteiger partial charge on any atom is -0.495 e. The number of aryl methyl sites for hydroxylation is 1. The Morgan fingerprint density at radius 3 is 2.68 bits per heavy atom. The van der Waals surface area contributed by atoms with Crippen LogP contribution in [0.1, 0.15) is 12.0 Å². The second kappa shape index (κ2) is 6.15. The van der Waals surface area contributed by atoms with Crippen LogP contribution in [0.15, 0.2) is 41.3 Å². The Morgan fingerprint density at radius 2 is 1.88 bits per heavy atom. The number of benzene rings is 2. The number of para-hydroxylation sites is 1. The lowest BCUT2D eigenvalue weighted by Crippen LogP contribution is -2.35. The first kappa shape index (κ1) is 16.1. The quantitative estimate of drug-likeness (QED) is 0.841. The molecule has 0 fully saturated rings. The van der Waals surface area contributed by atoms with Crippen molar-refractivity contribution in [1.29, 1.82) is 0 Å². The SMILES string of the molecule is COc1cccc2c1N(S(=O)(=O)c1ccc3c(c1)OCCO3)CCC2. The summed E-state index contributed by atoms with van der Waals surface area (Å²) < 4.78 is 44.4. The normalized spacial score (nSPS) is 16.3. The van der Waals surface area contributed by atoms with E-state index in [1.165, 1.54) is 10.4 Å². The molecule has 0 amide bonds. The zero-order valence-corrected chi connectivity index (χ0v) is 14.7. The first-order valence-electron chi connectivity index (χ1n) is 8.19. The van der Waals surface area contributed by atoms with E-state index >= 15 is 0 Å². The molecule has 0 aliphatic carbocycles. The first-order valence-corrected chi connectivity index (χ1v) is 9.63. The summed E-state index contributed by atoms with van der Waals surface area (Å²) in [5, 5.41) is 0. The van der Waals surface area contributed by atoms with Crippen molar-refractivity contribution < 1.29 is 22.6 Å². The highest BCUT2D eigenvalue weighted by molar-refractivity contribution is 7.92. The fourth-order valence-electron chi connectivity index (χ4n) is 3.29. The van der Waals surface area contributed by atoms with Gasteiger partial charge in [0.15, 0.2) is 11.5 Å². The Labute approximate surface area is 147 Å². The molecule has 2 heterocycles. The molecule has 0 saturated carbocycles. The van der Waals surface area contributed by atoms with Gasteiger partial charge in [0.05, 0.1) is 17.7 Å². The van der Waals surface area contributed by atoms with Crippen molar-refractivity contribution in [3.63, 3.8) is 0 Å². The van der Waals surface area contributed by atoms with Crippen LogP contribution in [0.2, 0.25) is 0 Å². The molecule has 2 aromatic rings. The van der Waals surface area contributed by atoms with E-state index in [4.69, 9.17) is 14.2 Å². The molecule has 0 N–H and O–H groups in total. The van der Waals surface area contributed by atoms with Crippen LogP contribution in [0.3, 0.4) is 0 Å². The largest absolute Gasteiger partial charge is 0.495 e. The molecule has 2 aromatic carbocycles.